The Morgan fingerprint density at radius 3 is 2.53 bits per heavy atom. The van der Waals surface area contributed by atoms with Crippen LogP contribution in [0.3, 0.4) is 0 Å². The van der Waals surface area contributed by atoms with Crippen LogP contribution >= 0.6 is 0 Å². The van der Waals surface area contributed by atoms with Crippen molar-refractivity contribution >= 4 is 5.91 Å². The van der Waals surface area contributed by atoms with Crippen molar-refractivity contribution < 1.29 is 4.79 Å². The predicted octanol–water partition coefficient (Wildman–Crippen LogP) is 2.64. The van der Waals surface area contributed by atoms with Crippen LogP contribution in [0.5, 0.6) is 0 Å². The van der Waals surface area contributed by atoms with E-state index in [0.717, 1.165) is 19.4 Å². The second kappa shape index (κ2) is 5.74. The number of rotatable bonds is 4. The average Bonchev–Trinajstić information content (AvgIpc) is 2.84. The Bertz CT molecular complexity index is 422. The minimum absolute atomic E-state index is 0.0768. The smallest absolute Gasteiger partial charge is 0.240 e. The number of amides is 1. The van der Waals surface area contributed by atoms with E-state index in [1.165, 1.54) is 5.56 Å². The fraction of sp³-hybridized carbons (Fsp3) is 0.562. The Labute approximate surface area is 115 Å². The van der Waals surface area contributed by atoms with Gasteiger partial charge >= 0.3 is 0 Å². The van der Waals surface area contributed by atoms with Crippen LogP contribution in [0.4, 0.5) is 0 Å². The Morgan fingerprint density at radius 2 is 2.00 bits per heavy atom. The van der Waals surface area contributed by atoms with Gasteiger partial charge in [-0.2, -0.15) is 0 Å². The molecule has 3 nitrogen and oxygen atoms in total. The molecule has 19 heavy (non-hydrogen) atoms. The normalized spacial score (nSPS) is 24.4. The minimum atomic E-state index is -0.401. The van der Waals surface area contributed by atoms with Gasteiger partial charge in [-0.3, -0.25) is 4.79 Å². The van der Waals surface area contributed by atoms with E-state index in [1.54, 1.807) is 0 Å². The molecule has 0 aliphatic carbocycles. The highest BCUT2D eigenvalue weighted by molar-refractivity contribution is 5.86. The molecule has 1 aromatic rings. The quantitative estimate of drug-likeness (QED) is 0.874. The lowest BCUT2D eigenvalue weighted by Crippen LogP contribution is -2.52. The molecule has 0 bridgehead atoms. The second-order valence-corrected chi connectivity index (χ2v) is 5.97. The SMILES string of the molecule is CC(C)C(NC(=O)C1(C)CCCN1)c1ccccc1. The number of hydrogen-bond donors (Lipinski definition) is 2. The average molecular weight is 260 g/mol. The summed E-state index contributed by atoms with van der Waals surface area (Å²) in [5.74, 6) is 0.490. The molecule has 104 valence electrons. The molecule has 1 heterocycles. The van der Waals surface area contributed by atoms with Crippen LogP contribution < -0.4 is 10.6 Å². The van der Waals surface area contributed by atoms with Gasteiger partial charge in [-0.05, 0) is 37.8 Å². The molecule has 0 aromatic heterocycles. The zero-order chi connectivity index (χ0) is 13.9. The van der Waals surface area contributed by atoms with Crippen LogP contribution in [-0.2, 0) is 4.79 Å². The molecule has 0 spiro atoms. The van der Waals surface area contributed by atoms with E-state index in [-0.39, 0.29) is 11.9 Å². The molecular weight excluding hydrogens is 236 g/mol. The van der Waals surface area contributed by atoms with Gasteiger partial charge in [0.1, 0.15) is 0 Å². The van der Waals surface area contributed by atoms with E-state index in [2.05, 4.69) is 36.6 Å². The molecule has 2 unspecified atom stereocenters. The summed E-state index contributed by atoms with van der Waals surface area (Å²) in [4.78, 5) is 12.5. The maximum atomic E-state index is 12.5. The largest absolute Gasteiger partial charge is 0.347 e. The number of hydrogen-bond acceptors (Lipinski definition) is 2. The van der Waals surface area contributed by atoms with E-state index in [1.807, 2.05) is 25.1 Å². The van der Waals surface area contributed by atoms with Gasteiger partial charge in [-0.1, -0.05) is 44.2 Å². The molecule has 1 saturated heterocycles. The topological polar surface area (TPSA) is 41.1 Å². The lowest BCUT2D eigenvalue weighted by molar-refractivity contribution is -0.127. The molecule has 1 aliphatic rings. The van der Waals surface area contributed by atoms with Crippen LogP contribution in [0.25, 0.3) is 0 Å². The first-order valence-corrected chi connectivity index (χ1v) is 7.14. The Balaban J connectivity index is 2.11. The third kappa shape index (κ3) is 3.16. The molecule has 3 heteroatoms. The second-order valence-electron chi connectivity index (χ2n) is 5.97. The Morgan fingerprint density at radius 1 is 1.32 bits per heavy atom. The van der Waals surface area contributed by atoms with E-state index in [9.17, 15) is 4.79 Å². The monoisotopic (exact) mass is 260 g/mol. The van der Waals surface area contributed by atoms with Gasteiger partial charge in [0.2, 0.25) is 5.91 Å². The first kappa shape index (κ1) is 14.1. The van der Waals surface area contributed by atoms with Gasteiger partial charge in [0, 0.05) is 0 Å². The lowest BCUT2D eigenvalue weighted by atomic mass is 9.93. The van der Waals surface area contributed by atoms with Crippen LogP contribution in [0, 0.1) is 5.92 Å². The fourth-order valence-electron chi connectivity index (χ4n) is 2.68. The summed E-state index contributed by atoms with van der Waals surface area (Å²) in [6.07, 6.45) is 1.99. The molecule has 2 rings (SSSR count). The third-order valence-corrected chi connectivity index (χ3v) is 3.98. The highest BCUT2D eigenvalue weighted by Gasteiger charge is 2.37. The predicted molar refractivity (Wildman–Crippen MR) is 77.8 cm³/mol. The van der Waals surface area contributed by atoms with Crippen LogP contribution in [0.2, 0.25) is 0 Å². The van der Waals surface area contributed by atoms with Crippen LogP contribution in [0.1, 0.15) is 45.2 Å². The molecule has 0 saturated carbocycles. The van der Waals surface area contributed by atoms with Crippen molar-refractivity contribution in [1.82, 2.24) is 10.6 Å². The molecule has 1 aromatic carbocycles. The van der Waals surface area contributed by atoms with Gasteiger partial charge < -0.3 is 10.6 Å². The maximum Gasteiger partial charge on any atom is 0.240 e. The van der Waals surface area contributed by atoms with E-state index < -0.39 is 5.54 Å². The third-order valence-electron chi connectivity index (χ3n) is 3.98. The van der Waals surface area contributed by atoms with Gasteiger partial charge in [0.05, 0.1) is 11.6 Å². The number of benzene rings is 1. The van der Waals surface area contributed by atoms with Crippen molar-refractivity contribution in [2.45, 2.75) is 45.2 Å². The maximum absolute atomic E-state index is 12.5. The summed E-state index contributed by atoms with van der Waals surface area (Å²) >= 11 is 0. The van der Waals surface area contributed by atoms with Crippen molar-refractivity contribution in [2.75, 3.05) is 6.54 Å². The van der Waals surface area contributed by atoms with Gasteiger partial charge in [-0.15, -0.1) is 0 Å². The number of nitrogens with one attached hydrogen (secondary N) is 2. The standard InChI is InChI=1S/C16H24N2O/c1-12(2)14(13-8-5-4-6-9-13)18-15(19)16(3)10-7-11-17-16/h4-6,8-9,12,14,17H,7,10-11H2,1-3H3,(H,18,19). The summed E-state index contributed by atoms with van der Waals surface area (Å²) in [6.45, 7) is 7.21. The Kier molecular flexibility index (Phi) is 4.25. The van der Waals surface area contributed by atoms with Crippen LogP contribution in [-0.4, -0.2) is 18.0 Å². The van der Waals surface area contributed by atoms with Crippen LogP contribution in [0.15, 0.2) is 30.3 Å². The first-order valence-electron chi connectivity index (χ1n) is 7.14. The van der Waals surface area contributed by atoms with E-state index in [0.29, 0.717) is 5.92 Å². The lowest BCUT2D eigenvalue weighted by Gasteiger charge is -2.29. The molecule has 0 radical (unpaired) electrons. The highest BCUT2D eigenvalue weighted by Crippen LogP contribution is 2.24. The molecule has 2 atom stereocenters. The van der Waals surface area contributed by atoms with Crippen molar-refractivity contribution in [3.8, 4) is 0 Å². The summed E-state index contributed by atoms with van der Waals surface area (Å²) in [5, 5.41) is 6.53. The van der Waals surface area contributed by atoms with Crippen molar-refractivity contribution in [3.05, 3.63) is 35.9 Å². The zero-order valence-electron chi connectivity index (χ0n) is 12.1. The molecular formula is C16H24N2O. The summed E-state index contributed by atoms with van der Waals surface area (Å²) in [5.41, 5.74) is 0.773. The minimum Gasteiger partial charge on any atom is -0.347 e. The van der Waals surface area contributed by atoms with Crippen molar-refractivity contribution in [1.29, 1.82) is 0 Å². The van der Waals surface area contributed by atoms with Gasteiger partial charge in [0.25, 0.3) is 0 Å². The number of carbonyl (C=O) groups is 1. The summed E-state index contributed by atoms with van der Waals surface area (Å²) in [6, 6.07) is 10.3. The number of carbonyl (C=O) groups excluding carboxylic acids is 1. The molecule has 1 fully saturated rings. The molecule has 1 amide bonds. The molecule has 2 N–H and O–H groups in total. The highest BCUT2D eigenvalue weighted by atomic mass is 16.2. The Hall–Kier alpha value is -1.35. The van der Waals surface area contributed by atoms with Gasteiger partial charge in [0.15, 0.2) is 0 Å². The zero-order valence-corrected chi connectivity index (χ0v) is 12.1. The van der Waals surface area contributed by atoms with Gasteiger partial charge in [-0.25, -0.2) is 0 Å². The fourth-order valence-corrected chi connectivity index (χ4v) is 2.68. The van der Waals surface area contributed by atoms with Crippen molar-refractivity contribution in [2.24, 2.45) is 5.92 Å². The van der Waals surface area contributed by atoms with E-state index >= 15 is 0 Å². The summed E-state index contributed by atoms with van der Waals surface area (Å²) < 4.78 is 0. The van der Waals surface area contributed by atoms with Crippen molar-refractivity contribution in [3.63, 3.8) is 0 Å². The molecule has 1 aliphatic heterocycles. The summed E-state index contributed by atoms with van der Waals surface area (Å²) in [7, 11) is 0. The van der Waals surface area contributed by atoms with E-state index in [4.69, 9.17) is 0 Å². The first-order chi connectivity index (χ1) is 9.03.